The van der Waals surface area contributed by atoms with Crippen molar-refractivity contribution >= 4 is 17.8 Å². The van der Waals surface area contributed by atoms with Crippen LogP contribution in [0.2, 0.25) is 0 Å². The Morgan fingerprint density at radius 1 is 1.43 bits per heavy atom. The highest BCUT2D eigenvalue weighted by molar-refractivity contribution is 7.99. The van der Waals surface area contributed by atoms with E-state index < -0.39 is 0 Å². The highest BCUT2D eigenvalue weighted by atomic mass is 32.2. The van der Waals surface area contributed by atoms with Crippen LogP contribution in [0.3, 0.4) is 0 Å². The molecule has 0 aromatic heterocycles. The molecule has 128 valence electrons. The molecule has 0 aliphatic carbocycles. The van der Waals surface area contributed by atoms with Crippen molar-refractivity contribution in [2.24, 2.45) is 5.92 Å². The summed E-state index contributed by atoms with van der Waals surface area (Å²) in [7, 11) is 1.86. The second-order valence-electron chi connectivity index (χ2n) is 6.44. The quantitative estimate of drug-likeness (QED) is 0.808. The van der Waals surface area contributed by atoms with Gasteiger partial charge in [-0.25, -0.2) is 4.79 Å². The molecule has 0 spiro atoms. The highest BCUT2D eigenvalue weighted by Gasteiger charge is 2.19. The molecular formula is C18H28N2O2S. The van der Waals surface area contributed by atoms with Crippen molar-refractivity contribution in [2.75, 3.05) is 32.6 Å². The lowest BCUT2D eigenvalue weighted by Gasteiger charge is -2.28. The number of nitrogens with one attached hydrogen (secondary N) is 1. The van der Waals surface area contributed by atoms with Gasteiger partial charge in [0.05, 0.1) is 6.61 Å². The Balaban J connectivity index is 1.69. The second-order valence-corrected chi connectivity index (χ2v) is 7.53. The summed E-state index contributed by atoms with van der Waals surface area (Å²) in [4.78, 5) is 15.3. The number of nitrogens with zero attached hydrogens (tertiary/aromatic N) is 1. The Hall–Kier alpha value is -1.20. The third-order valence-electron chi connectivity index (χ3n) is 4.02. The molecule has 1 aromatic carbocycles. The first kappa shape index (κ1) is 18.1. The molecule has 0 bridgehead atoms. The van der Waals surface area contributed by atoms with Crippen molar-refractivity contribution in [3.05, 3.63) is 29.8 Å². The van der Waals surface area contributed by atoms with Gasteiger partial charge >= 0.3 is 6.03 Å². The van der Waals surface area contributed by atoms with E-state index in [1.165, 1.54) is 10.5 Å². The van der Waals surface area contributed by atoms with Crippen LogP contribution in [0.5, 0.6) is 0 Å². The fourth-order valence-electron chi connectivity index (χ4n) is 2.64. The van der Waals surface area contributed by atoms with Gasteiger partial charge < -0.3 is 15.0 Å². The fraction of sp³-hybridized carbons (Fsp3) is 0.611. The first-order chi connectivity index (χ1) is 11.0. The standard InChI is InChI=1S/C18H28N2O2S/c1-14-6-8-17(9-7-14)23-13-15(2)19-18(21)20(3)11-16-5-4-10-22-12-16/h6-9,15-16H,4-5,10-13H2,1-3H3,(H,19,21)/t15-,16+/m0/s1. The third-order valence-corrected chi connectivity index (χ3v) is 5.30. The summed E-state index contributed by atoms with van der Waals surface area (Å²) in [5, 5.41) is 3.08. The summed E-state index contributed by atoms with van der Waals surface area (Å²) < 4.78 is 5.48. The van der Waals surface area contributed by atoms with Gasteiger partial charge in [0, 0.05) is 42.8 Å². The number of thioether (sulfide) groups is 1. The van der Waals surface area contributed by atoms with Crippen LogP contribution in [0.25, 0.3) is 0 Å². The number of aryl methyl sites for hydroxylation is 1. The summed E-state index contributed by atoms with van der Waals surface area (Å²) >= 11 is 1.77. The average molecular weight is 337 g/mol. The van der Waals surface area contributed by atoms with Crippen LogP contribution in [0.15, 0.2) is 29.2 Å². The third kappa shape index (κ3) is 6.43. The molecule has 1 fully saturated rings. The van der Waals surface area contributed by atoms with E-state index in [1.807, 2.05) is 7.05 Å². The van der Waals surface area contributed by atoms with Crippen LogP contribution in [0, 0.1) is 12.8 Å². The summed E-state index contributed by atoms with van der Waals surface area (Å²) in [6, 6.07) is 8.64. The first-order valence-electron chi connectivity index (χ1n) is 8.33. The van der Waals surface area contributed by atoms with Crippen molar-refractivity contribution in [2.45, 2.75) is 37.6 Å². The Bertz CT molecular complexity index is 486. The predicted molar refractivity (Wildman–Crippen MR) is 96.1 cm³/mol. The van der Waals surface area contributed by atoms with Crippen molar-refractivity contribution in [1.82, 2.24) is 10.2 Å². The number of urea groups is 1. The molecule has 4 nitrogen and oxygen atoms in total. The zero-order valence-electron chi connectivity index (χ0n) is 14.4. The van der Waals surface area contributed by atoms with Crippen molar-refractivity contribution in [3.8, 4) is 0 Å². The summed E-state index contributed by atoms with van der Waals surface area (Å²) in [5.41, 5.74) is 1.27. The monoisotopic (exact) mass is 336 g/mol. The lowest BCUT2D eigenvalue weighted by atomic mass is 10.0. The molecule has 1 saturated heterocycles. The van der Waals surface area contributed by atoms with Crippen LogP contribution in [0.1, 0.15) is 25.3 Å². The van der Waals surface area contributed by atoms with Gasteiger partial charge in [-0.3, -0.25) is 0 Å². The Labute approximate surface area is 144 Å². The van der Waals surface area contributed by atoms with Crippen LogP contribution in [-0.2, 0) is 4.74 Å². The van der Waals surface area contributed by atoms with Gasteiger partial charge in [0.15, 0.2) is 0 Å². The summed E-state index contributed by atoms with van der Waals surface area (Å²) in [6.07, 6.45) is 2.25. The van der Waals surface area contributed by atoms with Crippen LogP contribution in [0.4, 0.5) is 4.79 Å². The molecule has 1 heterocycles. The molecule has 0 radical (unpaired) electrons. The van der Waals surface area contributed by atoms with Crippen molar-refractivity contribution in [1.29, 1.82) is 0 Å². The molecule has 0 saturated carbocycles. The maximum absolute atomic E-state index is 12.2. The van der Waals surface area contributed by atoms with E-state index in [0.29, 0.717) is 5.92 Å². The molecule has 0 unspecified atom stereocenters. The number of benzene rings is 1. The van der Waals surface area contributed by atoms with Crippen molar-refractivity contribution < 1.29 is 9.53 Å². The number of ether oxygens (including phenoxy) is 1. The van der Waals surface area contributed by atoms with E-state index in [0.717, 1.165) is 38.4 Å². The number of hydrogen-bond donors (Lipinski definition) is 1. The Morgan fingerprint density at radius 2 is 2.17 bits per heavy atom. The molecular weight excluding hydrogens is 308 g/mol. The average Bonchev–Trinajstić information content (AvgIpc) is 2.55. The lowest BCUT2D eigenvalue weighted by Crippen LogP contribution is -2.45. The van der Waals surface area contributed by atoms with E-state index in [9.17, 15) is 4.79 Å². The fourth-order valence-corrected chi connectivity index (χ4v) is 3.49. The minimum absolute atomic E-state index is 0.00702. The van der Waals surface area contributed by atoms with E-state index in [-0.39, 0.29) is 12.1 Å². The largest absolute Gasteiger partial charge is 0.381 e. The predicted octanol–water partition coefficient (Wildman–Crippen LogP) is 3.54. The molecule has 23 heavy (non-hydrogen) atoms. The summed E-state index contributed by atoms with van der Waals surface area (Å²) in [5.74, 6) is 1.34. The van der Waals surface area contributed by atoms with E-state index in [4.69, 9.17) is 4.74 Å². The molecule has 2 amide bonds. The van der Waals surface area contributed by atoms with Crippen LogP contribution in [-0.4, -0.2) is 49.5 Å². The summed E-state index contributed by atoms with van der Waals surface area (Å²) in [6.45, 7) is 6.54. The smallest absolute Gasteiger partial charge is 0.317 e. The maximum Gasteiger partial charge on any atom is 0.317 e. The minimum atomic E-state index is 0.00702. The topological polar surface area (TPSA) is 41.6 Å². The van der Waals surface area contributed by atoms with Crippen molar-refractivity contribution in [3.63, 3.8) is 0 Å². The van der Waals surface area contributed by atoms with Gasteiger partial charge in [0.1, 0.15) is 0 Å². The zero-order chi connectivity index (χ0) is 16.7. The normalized spacial score (nSPS) is 19.2. The maximum atomic E-state index is 12.2. The number of hydrogen-bond acceptors (Lipinski definition) is 3. The molecule has 5 heteroatoms. The second kappa shape index (κ2) is 9.18. The highest BCUT2D eigenvalue weighted by Crippen LogP contribution is 2.19. The van der Waals surface area contributed by atoms with Crippen LogP contribution >= 0.6 is 11.8 Å². The minimum Gasteiger partial charge on any atom is -0.381 e. The number of rotatable bonds is 6. The molecule has 1 aliphatic heterocycles. The Kier molecular flexibility index (Phi) is 7.24. The van der Waals surface area contributed by atoms with Gasteiger partial charge in [-0.15, -0.1) is 11.8 Å². The molecule has 1 N–H and O–H groups in total. The van der Waals surface area contributed by atoms with Crippen LogP contribution < -0.4 is 5.32 Å². The lowest BCUT2D eigenvalue weighted by molar-refractivity contribution is 0.0457. The number of carbonyl (C=O) groups excluding carboxylic acids is 1. The van der Waals surface area contributed by atoms with Gasteiger partial charge in [0.25, 0.3) is 0 Å². The van der Waals surface area contributed by atoms with E-state index in [1.54, 1.807) is 16.7 Å². The number of amides is 2. The molecule has 1 aromatic rings. The molecule has 2 rings (SSSR count). The molecule has 2 atom stereocenters. The zero-order valence-corrected chi connectivity index (χ0v) is 15.2. The Morgan fingerprint density at radius 3 is 2.83 bits per heavy atom. The first-order valence-corrected chi connectivity index (χ1v) is 9.32. The molecule has 1 aliphatic rings. The SMILES string of the molecule is Cc1ccc(SC[C@H](C)NC(=O)N(C)C[C@H]2CCCOC2)cc1. The van der Waals surface area contributed by atoms with Gasteiger partial charge in [0.2, 0.25) is 0 Å². The van der Waals surface area contributed by atoms with E-state index >= 15 is 0 Å². The van der Waals surface area contributed by atoms with E-state index in [2.05, 4.69) is 43.4 Å². The van der Waals surface area contributed by atoms with Gasteiger partial charge in [-0.1, -0.05) is 17.7 Å². The number of carbonyl (C=O) groups is 1. The van der Waals surface area contributed by atoms with Gasteiger partial charge in [-0.2, -0.15) is 0 Å². The van der Waals surface area contributed by atoms with Gasteiger partial charge in [-0.05, 0) is 38.8 Å².